The third kappa shape index (κ3) is 4.39. The summed E-state index contributed by atoms with van der Waals surface area (Å²) in [6.07, 6.45) is -0.137. The molecule has 2 aliphatic heterocycles. The maximum absolute atomic E-state index is 12.9. The second-order valence-corrected chi connectivity index (χ2v) is 7.16. The maximum atomic E-state index is 12.9. The van der Waals surface area contributed by atoms with Crippen molar-refractivity contribution in [2.75, 3.05) is 37.7 Å². The Morgan fingerprint density at radius 3 is 2.59 bits per heavy atom. The van der Waals surface area contributed by atoms with E-state index >= 15 is 0 Å². The number of fused-ring (bicyclic) bond motifs is 1. The molecule has 29 heavy (non-hydrogen) atoms. The second kappa shape index (κ2) is 7.81. The number of ether oxygens (including phenoxy) is 1. The van der Waals surface area contributed by atoms with Gasteiger partial charge in [0.1, 0.15) is 5.75 Å². The van der Waals surface area contributed by atoms with E-state index in [0.29, 0.717) is 38.5 Å². The minimum atomic E-state index is -4.36. The van der Waals surface area contributed by atoms with Gasteiger partial charge < -0.3 is 14.5 Å². The molecule has 0 unspecified atom stereocenters. The first-order valence-electron chi connectivity index (χ1n) is 9.55. The zero-order valence-electron chi connectivity index (χ0n) is 15.8. The Morgan fingerprint density at radius 1 is 1.03 bits per heavy atom. The molecule has 2 aromatic rings. The highest BCUT2D eigenvalue weighted by molar-refractivity contribution is 5.92. The molecule has 2 aliphatic rings. The van der Waals surface area contributed by atoms with Crippen LogP contribution in [-0.2, 0) is 17.4 Å². The molecule has 1 fully saturated rings. The summed E-state index contributed by atoms with van der Waals surface area (Å²) in [6.45, 7) is 2.63. The van der Waals surface area contributed by atoms with Gasteiger partial charge in [-0.05, 0) is 47.5 Å². The maximum Gasteiger partial charge on any atom is 0.416 e. The van der Waals surface area contributed by atoms with Crippen molar-refractivity contribution < 1.29 is 22.7 Å². The topological polar surface area (TPSA) is 32.8 Å². The van der Waals surface area contributed by atoms with Crippen molar-refractivity contribution in [2.45, 2.75) is 12.6 Å². The third-order valence-corrected chi connectivity index (χ3v) is 5.26. The summed E-state index contributed by atoms with van der Waals surface area (Å²) in [5.41, 5.74) is 1.97. The Labute approximate surface area is 167 Å². The van der Waals surface area contributed by atoms with Crippen molar-refractivity contribution in [1.82, 2.24) is 4.90 Å². The average Bonchev–Trinajstić information content (AvgIpc) is 3.19. The van der Waals surface area contributed by atoms with Crippen LogP contribution in [0.25, 0.3) is 6.08 Å². The van der Waals surface area contributed by atoms with Crippen LogP contribution >= 0.6 is 0 Å². The molecule has 7 heteroatoms. The first kappa shape index (κ1) is 19.4. The predicted molar refractivity (Wildman–Crippen MR) is 105 cm³/mol. The highest BCUT2D eigenvalue weighted by atomic mass is 19.4. The van der Waals surface area contributed by atoms with E-state index in [-0.39, 0.29) is 5.91 Å². The largest absolute Gasteiger partial charge is 0.493 e. The molecule has 0 bridgehead atoms. The summed E-state index contributed by atoms with van der Waals surface area (Å²) in [6, 6.07) is 11.2. The standard InChI is InChI=1S/C22H21F3N2O2/c23-22(24,25)18-2-1-3-19(15-18)26-9-11-27(12-10-26)21(28)7-5-16-4-6-20-17(14-16)8-13-29-20/h1-7,14-15H,8-13H2/b7-5+. The number of halogens is 3. The van der Waals surface area contributed by atoms with Crippen LogP contribution in [0.15, 0.2) is 48.5 Å². The number of carbonyl (C=O) groups is 1. The minimum absolute atomic E-state index is 0.0922. The Morgan fingerprint density at radius 2 is 1.83 bits per heavy atom. The van der Waals surface area contributed by atoms with Gasteiger partial charge in [0, 0.05) is 44.4 Å². The minimum Gasteiger partial charge on any atom is -0.493 e. The smallest absolute Gasteiger partial charge is 0.416 e. The van der Waals surface area contributed by atoms with E-state index in [0.717, 1.165) is 35.4 Å². The first-order valence-corrected chi connectivity index (χ1v) is 9.55. The van der Waals surface area contributed by atoms with Crippen molar-refractivity contribution in [3.05, 3.63) is 65.2 Å². The lowest BCUT2D eigenvalue weighted by atomic mass is 10.1. The van der Waals surface area contributed by atoms with Crippen molar-refractivity contribution in [1.29, 1.82) is 0 Å². The van der Waals surface area contributed by atoms with E-state index < -0.39 is 11.7 Å². The number of hydrogen-bond donors (Lipinski definition) is 0. The Bertz CT molecular complexity index is 932. The number of anilines is 1. The summed E-state index contributed by atoms with van der Waals surface area (Å²) in [7, 11) is 0. The van der Waals surface area contributed by atoms with Crippen LogP contribution in [0.2, 0.25) is 0 Å². The molecule has 0 atom stereocenters. The van der Waals surface area contributed by atoms with Crippen LogP contribution in [-0.4, -0.2) is 43.6 Å². The summed E-state index contributed by atoms with van der Waals surface area (Å²) in [5, 5.41) is 0. The molecule has 0 aromatic heterocycles. The lowest BCUT2D eigenvalue weighted by Crippen LogP contribution is -2.48. The van der Waals surface area contributed by atoms with Gasteiger partial charge in [-0.15, -0.1) is 0 Å². The molecule has 2 aromatic carbocycles. The normalized spacial score (nSPS) is 16.8. The van der Waals surface area contributed by atoms with Gasteiger partial charge in [-0.3, -0.25) is 4.79 Å². The summed E-state index contributed by atoms with van der Waals surface area (Å²) in [5.74, 6) is 0.810. The second-order valence-electron chi connectivity index (χ2n) is 7.16. The van der Waals surface area contributed by atoms with Gasteiger partial charge in [0.15, 0.2) is 0 Å². The Kier molecular flexibility index (Phi) is 5.22. The van der Waals surface area contributed by atoms with Gasteiger partial charge in [0.25, 0.3) is 0 Å². The number of hydrogen-bond acceptors (Lipinski definition) is 3. The lowest BCUT2D eigenvalue weighted by Gasteiger charge is -2.35. The molecule has 0 N–H and O–H groups in total. The van der Waals surface area contributed by atoms with E-state index in [1.54, 1.807) is 23.1 Å². The number of nitrogens with zero attached hydrogens (tertiary/aromatic N) is 2. The van der Waals surface area contributed by atoms with Gasteiger partial charge in [-0.25, -0.2) is 0 Å². The summed E-state index contributed by atoms with van der Waals surface area (Å²) >= 11 is 0. The van der Waals surface area contributed by atoms with Crippen LogP contribution in [0, 0.1) is 0 Å². The number of amides is 1. The highest BCUT2D eigenvalue weighted by Crippen LogP contribution is 2.32. The monoisotopic (exact) mass is 402 g/mol. The number of piperazine rings is 1. The fourth-order valence-corrected chi connectivity index (χ4v) is 3.65. The summed E-state index contributed by atoms with van der Waals surface area (Å²) < 4.78 is 44.2. The fraction of sp³-hybridized carbons (Fsp3) is 0.318. The fourth-order valence-electron chi connectivity index (χ4n) is 3.65. The molecule has 152 valence electrons. The van der Waals surface area contributed by atoms with Crippen molar-refractivity contribution in [3.63, 3.8) is 0 Å². The molecule has 0 aliphatic carbocycles. The van der Waals surface area contributed by atoms with Crippen LogP contribution < -0.4 is 9.64 Å². The number of rotatable bonds is 3. The number of benzene rings is 2. The molecular formula is C22H21F3N2O2. The van der Waals surface area contributed by atoms with Gasteiger partial charge in [0.05, 0.1) is 12.2 Å². The third-order valence-electron chi connectivity index (χ3n) is 5.26. The zero-order valence-corrected chi connectivity index (χ0v) is 15.8. The SMILES string of the molecule is O=C(/C=C/c1ccc2c(c1)CCO2)N1CCN(c2cccc(C(F)(F)F)c2)CC1. The lowest BCUT2D eigenvalue weighted by molar-refractivity contribution is -0.137. The van der Waals surface area contributed by atoms with E-state index in [2.05, 4.69) is 0 Å². The van der Waals surface area contributed by atoms with Gasteiger partial charge in [0.2, 0.25) is 5.91 Å². The molecular weight excluding hydrogens is 381 g/mol. The Hall–Kier alpha value is -2.96. The number of carbonyl (C=O) groups excluding carboxylic acids is 1. The molecule has 4 rings (SSSR count). The van der Waals surface area contributed by atoms with E-state index in [1.165, 1.54) is 6.07 Å². The quantitative estimate of drug-likeness (QED) is 0.728. The average molecular weight is 402 g/mol. The van der Waals surface area contributed by atoms with Crippen LogP contribution in [0.3, 0.4) is 0 Å². The zero-order chi connectivity index (χ0) is 20.4. The molecule has 2 heterocycles. The highest BCUT2D eigenvalue weighted by Gasteiger charge is 2.31. The summed E-state index contributed by atoms with van der Waals surface area (Å²) in [4.78, 5) is 16.1. The number of alkyl halides is 3. The van der Waals surface area contributed by atoms with Crippen LogP contribution in [0.4, 0.5) is 18.9 Å². The predicted octanol–water partition coefficient (Wildman–Crippen LogP) is 4.00. The van der Waals surface area contributed by atoms with Crippen molar-refractivity contribution >= 4 is 17.7 Å². The van der Waals surface area contributed by atoms with Gasteiger partial charge in [-0.1, -0.05) is 12.1 Å². The molecule has 4 nitrogen and oxygen atoms in total. The van der Waals surface area contributed by atoms with Gasteiger partial charge >= 0.3 is 6.18 Å². The van der Waals surface area contributed by atoms with Crippen LogP contribution in [0.1, 0.15) is 16.7 Å². The van der Waals surface area contributed by atoms with E-state index in [1.807, 2.05) is 23.1 Å². The van der Waals surface area contributed by atoms with E-state index in [4.69, 9.17) is 4.74 Å². The van der Waals surface area contributed by atoms with Crippen molar-refractivity contribution in [2.24, 2.45) is 0 Å². The first-order chi connectivity index (χ1) is 13.9. The molecule has 1 saturated heterocycles. The van der Waals surface area contributed by atoms with Gasteiger partial charge in [-0.2, -0.15) is 13.2 Å². The molecule has 0 spiro atoms. The Balaban J connectivity index is 1.35. The molecule has 0 radical (unpaired) electrons. The molecule has 0 saturated carbocycles. The van der Waals surface area contributed by atoms with Crippen LogP contribution in [0.5, 0.6) is 5.75 Å². The van der Waals surface area contributed by atoms with E-state index in [9.17, 15) is 18.0 Å². The molecule has 1 amide bonds. The van der Waals surface area contributed by atoms with Crippen molar-refractivity contribution in [3.8, 4) is 5.75 Å².